The van der Waals surface area contributed by atoms with E-state index in [4.69, 9.17) is 9.47 Å². The Morgan fingerprint density at radius 2 is 1.62 bits per heavy atom. The number of rotatable bonds is 7. The standard InChI is InChI=1S/C26H29N3O5/c1-33-22-12-11-18(15-23(22)34-2)27-26(32)25(31)20-16-29(21-10-6-5-9-19(20)21)17-24(30)28-13-7-3-4-8-14-28/h5-6,9-12,15-16H,3-4,7-8,13-14,17H2,1-2H3,(H,27,32). The van der Waals surface area contributed by atoms with Gasteiger partial charge >= 0.3 is 0 Å². The second kappa shape index (κ2) is 10.4. The minimum absolute atomic E-state index is 0.0245. The summed E-state index contributed by atoms with van der Waals surface area (Å²) in [4.78, 5) is 40.8. The van der Waals surface area contributed by atoms with Gasteiger partial charge in [-0.05, 0) is 31.0 Å². The molecule has 0 spiro atoms. The molecule has 4 rings (SSSR count). The van der Waals surface area contributed by atoms with Crippen molar-refractivity contribution in [3.05, 3.63) is 54.2 Å². The predicted octanol–water partition coefficient (Wildman–Crippen LogP) is 3.88. The van der Waals surface area contributed by atoms with Gasteiger partial charge in [0.25, 0.3) is 11.7 Å². The first-order valence-corrected chi connectivity index (χ1v) is 11.4. The number of anilines is 1. The zero-order valence-corrected chi connectivity index (χ0v) is 19.5. The van der Waals surface area contributed by atoms with Gasteiger partial charge in [-0.1, -0.05) is 31.0 Å². The van der Waals surface area contributed by atoms with Crippen molar-refractivity contribution in [1.82, 2.24) is 9.47 Å². The van der Waals surface area contributed by atoms with Crippen LogP contribution in [0.2, 0.25) is 0 Å². The van der Waals surface area contributed by atoms with Crippen molar-refractivity contribution in [2.45, 2.75) is 32.2 Å². The highest BCUT2D eigenvalue weighted by molar-refractivity contribution is 6.48. The second-order valence-corrected chi connectivity index (χ2v) is 8.34. The van der Waals surface area contributed by atoms with E-state index < -0.39 is 11.7 Å². The Labute approximate surface area is 198 Å². The van der Waals surface area contributed by atoms with Crippen LogP contribution in [-0.4, -0.2) is 54.4 Å². The lowest BCUT2D eigenvalue weighted by Crippen LogP contribution is -2.34. The molecule has 0 unspecified atom stereocenters. The molecule has 1 aliphatic heterocycles. The highest BCUT2D eigenvalue weighted by Crippen LogP contribution is 2.30. The zero-order valence-electron chi connectivity index (χ0n) is 19.5. The first kappa shape index (κ1) is 23.4. The van der Waals surface area contributed by atoms with Crippen LogP contribution in [-0.2, 0) is 16.1 Å². The number of ether oxygens (including phenoxy) is 2. The Morgan fingerprint density at radius 1 is 0.912 bits per heavy atom. The third-order valence-electron chi connectivity index (χ3n) is 6.15. The SMILES string of the molecule is COc1ccc(NC(=O)C(=O)c2cn(CC(=O)N3CCCCCC3)c3ccccc23)cc1OC. The molecule has 8 nitrogen and oxygen atoms in total. The van der Waals surface area contributed by atoms with Crippen molar-refractivity contribution < 1.29 is 23.9 Å². The number of ketones is 1. The largest absolute Gasteiger partial charge is 0.493 e. The van der Waals surface area contributed by atoms with Crippen LogP contribution in [0.15, 0.2) is 48.7 Å². The molecule has 34 heavy (non-hydrogen) atoms. The molecule has 1 aliphatic rings. The van der Waals surface area contributed by atoms with Crippen molar-refractivity contribution in [2.75, 3.05) is 32.6 Å². The van der Waals surface area contributed by atoms with Gasteiger partial charge in [-0.3, -0.25) is 14.4 Å². The molecule has 0 radical (unpaired) electrons. The van der Waals surface area contributed by atoms with E-state index in [9.17, 15) is 14.4 Å². The number of nitrogens with one attached hydrogen (secondary N) is 1. The normalized spacial score (nSPS) is 13.9. The first-order chi connectivity index (χ1) is 16.5. The van der Waals surface area contributed by atoms with Gasteiger partial charge in [0, 0.05) is 41.9 Å². The quantitative estimate of drug-likeness (QED) is 0.424. The maximum absolute atomic E-state index is 13.1. The van der Waals surface area contributed by atoms with Gasteiger partial charge in [0.15, 0.2) is 11.5 Å². The third kappa shape index (κ3) is 4.90. The number of benzene rings is 2. The van der Waals surface area contributed by atoms with Crippen molar-refractivity contribution in [3.8, 4) is 11.5 Å². The van der Waals surface area contributed by atoms with E-state index in [2.05, 4.69) is 5.32 Å². The van der Waals surface area contributed by atoms with E-state index in [1.807, 2.05) is 23.1 Å². The molecule has 2 amide bonds. The summed E-state index contributed by atoms with van der Waals surface area (Å²) in [6, 6.07) is 12.2. The van der Waals surface area contributed by atoms with Gasteiger partial charge in [-0.2, -0.15) is 0 Å². The molecule has 1 fully saturated rings. The highest BCUT2D eigenvalue weighted by atomic mass is 16.5. The molecule has 1 saturated heterocycles. The molecule has 178 valence electrons. The summed E-state index contributed by atoms with van der Waals surface area (Å²) in [5, 5.41) is 3.27. The number of hydrogen-bond donors (Lipinski definition) is 1. The molecule has 2 aromatic carbocycles. The molecule has 1 aromatic heterocycles. The van der Waals surface area contributed by atoms with Crippen LogP contribution in [0.5, 0.6) is 11.5 Å². The summed E-state index contributed by atoms with van der Waals surface area (Å²) in [5.41, 5.74) is 1.42. The average molecular weight is 464 g/mol. The topological polar surface area (TPSA) is 89.9 Å². The summed E-state index contributed by atoms with van der Waals surface area (Å²) >= 11 is 0. The fourth-order valence-corrected chi connectivity index (χ4v) is 4.35. The van der Waals surface area contributed by atoms with Crippen molar-refractivity contribution in [3.63, 3.8) is 0 Å². The molecule has 8 heteroatoms. The van der Waals surface area contributed by atoms with Crippen molar-refractivity contribution in [2.24, 2.45) is 0 Å². The van der Waals surface area contributed by atoms with Gasteiger partial charge in [0.1, 0.15) is 6.54 Å². The molecular formula is C26H29N3O5. The second-order valence-electron chi connectivity index (χ2n) is 8.34. The zero-order chi connectivity index (χ0) is 24.1. The Kier molecular flexibility index (Phi) is 7.15. The average Bonchev–Trinajstić information content (AvgIpc) is 3.02. The summed E-state index contributed by atoms with van der Waals surface area (Å²) in [6.07, 6.45) is 5.92. The van der Waals surface area contributed by atoms with Gasteiger partial charge < -0.3 is 24.3 Å². The minimum atomic E-state index is -0.769. The number of amides is 2. The number of hydrogen-bond acceptors (Lipinski definition) is 5. The van der Waals surface area contributed by atoms with E-state index in [1.54, 1.807) is 35.0 Å². The van der Waals surface area contributed by atoms with Crippen LogP contribution in [0.25, 0.3) is 10.9 Å². The van der Waals surface area contributed by atoms with Crippen molar-refractivity contribution in [1.29, 1.82) is 0 Å². The lowest BCUT2D eigenvalue weighted by atomic mass is 10.1. The van der Waals surface area contributed by atoms with Gasteiger partial charge in [0.2, 0.25) is 5.91 Å². The minimum Gasteiger partial charge on any atom is -0.493 e. The third-order valence-corrected chi connectivity index (χ3v) is 6.15. The molecule has 0 atom stereocenters. The van der Waals surface area contributed by atoms with Gasteiger partial charge in [-0.25, -0.2) is 0 Å². The van der Waals surface area contributed by atoms with Gasteiger partial charge in [-0.15, -0.1) is 0 Å². The Morgan fingerprint density at radius 3 is 2.32 bits per heavy atom. The molecule has 0 aliphatic carbocycles. The summed E-state index contributed by atoms with van der Waals surface area (Å²) in [7, 11) is 3.02. The number of carbonyl (C=O) groups excluding carboxylic acids is 3. The smallest absolute Gasteiger partial charge is 0.296 e. The number of carbonyl (C=O) groups is 3. The highest BCUT2D eigenvalue weighted by Gasteiger charge is 2.24. The van der Waals surface area contributed by atoms with Crippen LogP contribution >= 0.6 is 0 Å². The lowest BCUT2D eigenvalue weighted by Gasteiger charge is -2.20. The summed E-state index contributed by atoms with van der Waals surface area (Å²) in [5.74, 6) is -0.460. The predicted molar refractivity (Wildman–Crippen MR) is 129 cm³/mol. The number of methoxy groups -OCH3 is 2. The lowest BCUT2D eigenvalue weighted by molar-refractivity contribution is -0.131. The van der Waals surface area contributed by atoms with E-state index in [1.165, 1.54) is 14.2 Å². The molecular weight excluding hydrogens is 434 g/mol. The number of fused-ring (bicyclic) bond motifs is 1. The fourth-order valence-electron chi connectivity index (χ4n) is 4.35. The number of aromatic nitrogens is 1. The molecule has 0 bridgehead atoms. The maximum Gasteiger partial charge on any atom is 0.296 e. The van der Waals surface area contributed by atoms with Crippen LogP contribution in [0.4, 0.5) is 5.69 Å². The number of nitrogens with zero attached hydrogens (tertiary/aromatic N) is 2. The Balaban J connectivity index is 1.56. The first-order valence-electron chi connectivity index (χ1n) is 11.4. The monoisotopic (exact) mass is 463 g/mol. The molecule has 2 heterocycles. The van der Waals surface area contributed by atoms with Crippen LogP contribution in [0.1, 0.15) is 36.0 Å². The van der Waals surface area contributed by atoms with E-state index in [0.29, 0.717) is 22.6 Å². The Hall–Kier alpha value is -3.81. The summed E-state index contributed by atoms with van der Waals surface area (Å²) in [6.45, 7) is 1.65. The fraction of sp³-hybridized carbons (Fsp3) is 0.346. The molecule has 1 N–H and O–H groups in total. The van der Waals surface area contributed by atoms with E-state index in [0.717, 1.165) is 44.3 Å². The van der Waals surface area contributed by atoms with Crippen LogP contribution < -0.4 is 14.8 Å². The molecule has 3 aromatic rings. The Bertz CT molecular complexity index is 1210. The van der Waals surface area contributed by atoms with Crippen LogP contribution in [0.3, 0.4) is 0 Å². The molecule has 0 saturated carbocycles. The number of likely N-dealkylation sites (tertiary alicyclic amines) is 1. The summed E-state index contributed by atoms with van der Waals surface area (Å²) < 4.78 is 12.2. The number of para-hydroxylation sites is 1. The maximum atomic E-state index is 13.1. The van der Waals surface area contributed by atoms with E-state index in [-0.39, 0.29) is 18.0 Å². The van der Waals surface area contributed by atoms with Crippen molar-refractivity contribution >= 4 is 34.2 Å². The number of Topliss-reactive ketones (excluding diaryl/α,β-unsaturated/α-hetero) is 1. The van der Waals surface area contributed by atoms with Crippen LogP contribution in [0, 0.1) is 0 Å². The van der Waals surface area contributed by atoms with E-state index >= 15 is 0 Å². The van der Waals surface area contributed by atoms with Gasteiger partial charge in [0.05, 0.1) is 19.8 Å².